The molecule has 1 aliphatic heterocycles. The van der Waals surface area contributed by atoms with Gasteiger partial charge in [0.2, 0.25) is 0 Å². The first-order chi connectivity index (χ1) is 19.5. The molecule has 0 amide bonds. The zero-order chi connectivity index (χ0) is 31.3. The molecule has 2 aromatic rings. The summed E-state index contributed by atoms with van der Waals surface area (Å²) in [6.45, 7) is -0.925. The van der Waals surface area contributed by atoms with Crippen LogP contribution < -0.4 is 11.2 Å². The van der Waals surface area contributed by atoms with Crippen LogP contribution in [0.5, 0.6) is 0 Å². The summed E-state index contributed by atoms with van der Waals surface area (Å²) in [5, 5.41) is 31.4. The Kier molecular flexibility index (Phi) is 11.3. The van der Waals surface area contributed by atoms with Crippen molar-refractivity contribution < 1.29 is 71.1 Å². The quantitative estimate of drug-likeness (QED) is 0.0575. The standard InChI is InChI=1S/C18H25N4O17P3/c23-15-13(10-36-41(31,32)39-42(33,34)38-40(28,29)30)37-17(16(15)24)21-7-6-14(19-18(21)25)20-35-8-2-4-11-3-1-5-12(9-11)22(26)27/h1,3,5-7,9,13,15-17,23-24H,2,4,8,10H2,(H,31,32)(H,33,34)(H,19,20,25)(H2,28,29,30)/t13-,15-,16-,17-/m1/s1. The number of phosphoric ester groups is 1. The number of nitro groups is 1. The van der Waals surface area contributed by atoms with E-state index in [1.165, 1.54) is 18.2 Å². The number of aromatic nitrogens is 2. The van der Waals surface area contributed by atoms with Gasteiger partial charge in [0.15, 0.2) is 12.0 Å². The van der Waals surface area contributed by atoms with Crippen LogP contribution in [0.15, 0.2) is 41.3 Å². The second-order valence-corrected chi connectivity index (χ2v) is 12.8. The maximum atomic E-state index is 12.5. The maximum absolute atomic E-state index is 12.5. The van der Waals surface area contributed by atoms with Crippen molar-refractivity contribution in [3.05, 3.63) is 62.7 Å². The summed E-state index contributed by atoms with van der Waals surface area (Å²) in [6, 6.07) is 7.36. The lowest BCUT2D eigenvalue weighted by Gasteiger charge is -2.19. The van der Waals surface area contributed by atoms with Gasteiger partial charge in [0.25, 0.3) is 5.69 Å². The van der Waals surface area contributed by atoms with Crippen LogP contribution in [0.4, 0.5) is 11.5 Å². The molecule has 1 aromatic heterocycles. The number of nitro benzene ring substituents is 1. The number of aliphatic hydroxyl groups excluding tert-OH is 2. The third-order valence-corrected chi connectivity index (χ3v) is 9.07. The van der Waals surface area contributed by atoms with Crippen LogP contribution in [0, 0.1) is 10.1 Å². The molecular formula is C18H25N4O17P3. The molecule has 0 bridgehead atoms. The predicted octanol–water partition coefficient (Wildman–Crippen LogP) is 0.0903. The molecule has 234 valence electrons. The first kappa shape index (κ1) is 34.0. The summed E-state index contributed by atoms with van der Waals surface area (Å²) < 4.78 is 51.6. The van der Waals surface area contributed by atoms with Crippen LogP contribution in [-0.2, 0) is 42.8 Å². The Hall–Kier alpha value is -2.45. The van der Waals surface area contributed by atoms with Gasteiger partial charge in [0, 0.05) is 18.3 Å². The number of benzene rings is 1. The van der Waals surface area contributed by atoms with Crippen LogP contribution in [0.2, 0.25) is 0 Å². The number of aryl methyl sites for hydroxylation is 1. The fraction of sp³-hybridized carbons (Fsp3) is 0.444. The fourth-order valence-corrected chi connectivity index (χ4v) is 6.56. The van der Waals surface area contributed by atoms with Crippen molar-refractivity contribution in [3.63, 3.8) is 0 Å². The minimum atomic E-state index is -5.77. The number of rotatable bonds is 15. The smallest absolute Gasteiger partial charge is 0.387 e. The molecule has 0 aliphatic carbocycles. The van der Waals surface area contributed by atoms with Gasteiger partial charge in [-0.3, -0.25) is 24.0 Å². The van der Waals surface area contributed by atoms with Gasteiger partial charge in [-0.05, 0) is 24.5 Å². The average molecular weight is 662 g/mol. The predicted molar refractivity (Wildman–Crippen MR) is 135 cm³/mol. The summed E-state index contributed by atoms with van der Waals surface area (Å²) in [6.07, 6.45) is -4.72. The minimum Gasteiger partial charge on any atom is -0.387 e. The number of anilines is 1. The second-order valence-electron chi connectivity index (χ2n) is 8.42. The lowest BCUT2D eigenvalue weighted by atomic mass is 10.1. The van der Waals surface area contributed by atoms with E-state index in [2.05, 4.69) is 23.6 Å². The van der Waals surface area contributed by atoms with Crippen LogP contribution in [-0.4, -0.2) is 75.8 Å². The summed E-state index contributed by atoms with van der Waals surface area (Å²) in [7, 11) is -16.9. The number of non-ortho nitro benzene ring substituents is 1. The Morgan fingerprint density at radius 3 is 2.43 bits per heavy atom. The van der Waals surface area contributed by atoms with Crippen molar-refractivity contribution >= 4 is 35.0 Å². The molecule has 1 fully saturated rings. The van der Waals surface area contributed by atoms with Crippen molar-refractivity contribution in [2.24, 2.45) is 0 Å². The normalized spacial score (nSPS) is 23.7. The molecule has 21 nitrogen and oxygen atoms in total. The van der Waals surface area contributed by atoms with E-state index in [4.69, 9.17) is 19.4 Å². The summed E-state index contributed by atoms with van der Waals surface area (Å²) in [5.74, 6) is -0.0381. The van der Waals surface area contributed by atoms with Crippen LogP contribution >= 0.6 is 23.5 Å². The highest BCUT2D eigenvalue weighted by Gasteiger charge is 2.46. The SMILES string of the molecule is O=c1nc(NOCCCc2cccc([N+](=O)[O-])c2)ccn1[C@@H]1O[C@H](COP(=O)(O)OP(=O)(O)OP(=O)(O)O)[C@@H](O)[C@H]1O. The van der Waals surface area contributed by atoms with Crippen LogP contribution in [0.1, 0.15) is 18.2 Å². The largest absolute Gasteiger partial charge is 0.490 e. The van der Waals surface area contributed by atoms with E-state index < -0.39 is 65.2 Å². The Morgan fingerprint density at radius 1 is 1.07 bits per heavy atom. The number of aliphatic hydroxyl groups is 2. The molecule has 6 atom stereocenters. The maximum Gasteiger partial charge on any atom is 0.490 e. The minimum absolute atomic E-state index is 0.0363. The lowest BCUT2D eigenvalue weighted by Crippen LogP contribution is -2.36. The van der Waals surface area contributed by atoms with Crippen molar-refractivity contribution in [1.29, 1.82) is 0 Å². The van der Waals surface area contributed by atoms with Crippen LogP contribution in [0.25, 0.3) is 0 Å². The molecule has 7 N–H and O–H groups in total. The highest BCUT2D eigenvalue weighted by atomic mass is 31.3. The van der Waals surface area contributed by atoms with Crippen molar-refractivity contribution in [2.45, 2.75) is 37.4 Å². The van der Waals surface area contributed by atoms with E-state index >= 15 is 0 Å². The number of ether oxygens (including phenoxy) is 1. The highest BCUT2D eigenvalue weighted by Crippen LogP contribution is 2.66. The molecule has 42 heavy (non-hydrogen) atoms. The van der Waals surface area contributed by atoms with Crippen LogP contribution in [0.3, 0.4) is 0 Å². The molecule has 0 radical (unpaired) electrons. The lowest BCUT2D eigenvalue weighted by molar-refractivity contribution is -0.384. The zero-order valence-corrected chi connectivity index (χ0v) is 23.6. The number of hydrogen-bond acceptors (Lipinski definition) is 15. The molecule has 0 spiro atoms. The van der Waals surface area contributed by atoms with E-state index in [0.717, 1.165) is 16.3 Å². The Balaban J connectivity index is 1.51. The summed E-state index contributed by atoms with van der Waals surface area (Å²) in [4.78, 5) is 67.6. The van der Waals surface area contributed by atoms with E-state index in [0.29, 0.717) is 12.8 Å². The number of nitrogens with zero attached hydrogens (tertiary/aromatic N) is 3. The summed E-state index contributed by atoms with van der Waals surface area (Å²) >= 11 is 0. The van der Waals surface area contributed by atoms with Crippen molar-refractivity contribution in [3.8, 4) is 0 Å². The molecule has 2 heterocycles. The van der Waals surface area contributed by atoms with E-state index in [9.17, 15) is 48.6 Å². The average Bonchev–Trinajstić information content (AvgIpc) is 3.14. The molecular weight excluding hydrogens is 637 g/mol. The van der Waals surface area contributed by atoms with Gasteiger partial charge < -0.3 is 34.5 Å². The molecule has 2 unspecified atom stereocenters. The first-order valence-corrected chi connectivity index (χ1v) is 16.0. The van der Waals surface area contributed by atoms with Gasteiger partial charge in [-0.1, -0.05) is 12.1 Å². The third kappa shape index (κ3) is 10.1. The van der Waals surface area contributed by atoms with Gasteiger partial charge in [0.1, 0.15) is 18.3 Å². The van der Waals surface area contributed by atoms with Gasteiger partial charge in [-0.2, -0.15) is 13.6 Å². The molecule has 24 heteroatoms. The number of nitrogens with one attached hydrogen (secondary N) is 1. The fourth-order valence-electron chi connectivity index (χ4n) is 3.53. The first-order valence-electron chi connectivity index (χ1n) is 11.5. The zero-order valence-electron chi connectivity index (χ0n) is 21.0. The topological polar surface area (TPSA) is 309 Å². The Bertz CT molecular complexity index is 1470. The Labute approximate surface area is 234 Å². The van der Waals surface area contributed by atoms with Gasteiger partial charge in [0.05, 0.1) is 18.1 Å². The molecule has 1 aliphatic rings. The van der Waals surface area contributed by atoms with E-state index in [1.807, 2.05) is 0 Å². The van der Waals surface area contributed by atoms with Gasteiger partial charge >= 0.3 is 29.2 Å². The van der Waals surface area contributed by atoms with E-state index in [1.54, 1.807) is 12.1 Å². The second kappa shape index (κ2) is 13.9. The number of hydrogen-bond donors (Lipinski definition) is 7. The van der Waals surface area contributed by atoms with E-state index in [-0.39, 0.29) is 18.1 Å². The third-order valence-electron chi connectivity index (χ3n) is 5.27. The molecule has 1 saturated heterocycles. The van der Waals surface area contributed by atoms with Gasteiger partial charge in [-0.25, -0.2) is 24.0 Å². The molecule has 1 aromatic carbocycles. The Morgan fingerprint density at radius 2 is 1.79 bits per heavy atom. The van der Waals surface area contributed by atoms with Crippen molar-refractivity contribution in [1.82, 2.24) is 9.55 Å². The summed E-state index contributed by atoms with van der Waals surface area (Å²) in [5.41, 5.74) is 2.15. The number of phosphoric acid groups is 3. The highest BCUT2D eigenvalue weighted by molar-refractivity contribution is 7.66. The van der Waals surface area contributed by atoms with Gasteiger partial charge in [-0.15, -0.1) is 0 Å². The van der Waals surface area contributed by atoms with Crippen molar-refractivity contribution in [2.75, 3.05) is 18.7 Å². The molecule has 3 rings (SSSR count). The molecule has 0 saturated carbocycles. The monoisotopic (exact) mass is 662 g/mol.